The van der Waals surface area contributed by atoms with E-state index < -0.39 is 0 Å². The minimum atomic E-state index is -0.0990. The van der Waals surface area contributed by atoms with Gasteiger partial charge in [0, 0.05) is 12.3 Å². The van der Waals surface area contributed by atoms with Gasteiger partial charge in [-0.2, -0.15) is 9.61 Å². The average Bonchev–Trinajstić information content (AvgIpc) is 2.72. The third-order valence-corrected chi connectivity index (χ3v) is 2.70. The van der Waals surface area contributed by atoms with Crippen molar-refractivity contribution < 1.29 is 0 Å². The number of nitrogens with zero attached hydrogens (tertiary/aromatic N) is 2. The van der Waals surface area contributed by atoms with Crippen LogP contribution in [0.5, 0.6) is 0 Å². The predicted molar refractivity (Wildman–Crippen MR) is 66.0 cm³/mol. The van der Waals surface area contributed by atoms with Crippen LogP contribution in [0, 0.1) is 6.92 Å². The number of nitrogens with one attached hydrogen (secondary N) is 1. The number of hydrogen-bond acceptors (Lipinski definition) is 2. The molecule has 0 bridgehead atoms. The number of H-pyrrole nitrogens is 1. The zero-order chi connectivity index (χ0) is 11.8. The first-order valence-corrected chi connectivity index (χ1v) is 5.39. The fraction of sp³-hybridized carbons (Fsp3) is 0.0769. The van der Waals surface area contributed by atoms with Crippen LogP contribution in [0.25, 0.3) is 16.8 Å². The van der Waals surface area contributed by atoms with E-state index in [9.17, 15) is 4.79 Å². The van der Waals surface area contributed by atoms with Gasteiger partial charge < -0.3 is 4.98 Å². The Kier molecular flexibility index (Phi) is 2.08. The molecular formula is C13H11N3O. The highest BCUT2D eigenvalue weighted by atomic mass is 16.1. The molecule has 2 aromatic heterocycles. The maximum atomic E-state index is 12.2. The second kappa shape index (κ2) is 3.59. The van der Waals surface area contributed by atoms with Gasteiger partial charge in [0.1, 0.15) is 5.65 Å². The lowest BCUT2D eigenvalue weighted by Gasteiger charge is -2.00. The maximum absolute atomic E-state index is 12.2. The van der Waals surface area contributed by atoms with E-state index in [1.54, 1.807) is 6.20 Å². The molecule has 0 radical (unpaired) electrons. The van der Waals surface area contributed by atoms with Crippen molar-refractivity contribution in [3.63, 3.8) is 0 Å². The van der Waals surface area contributed by atoms with E-state index in [-0.39, 0.29) is 5.56 Å². The minimum Gasteiger partial charge on any atom is -0.346 e. The Morgan fingerprint density at radius 3 is 2.76 bits per heavy atom. The van der Waals surface area contributed by atoms with E-state index in [0.29, 0.717) is 11.2 Å². The van der Waals surface area contributed by atoms with Crippen LogP contribution in [0.4, 0.5) is 0 Å². The molecule has 0 saturated heterocycles. The Hall–Kier alpha value is -2.36. The van der Waals surface area contributed by atoms with Crippen molar-refractivity contribution in [2.45, 2.75) is 6.92 Å². The van der Waals surface area contributed by atoms with E-state index in [4.69, 9.17) is 0 Å². The Morgan fingerprint density at radius 1 is 1.24 bits per heavy atom. The summed E-state index contributed by atoms with van der Waals surface area (Å²) >= 11 is 0. The molecule has 17 heavy (non-hydrogen) atoms. The predicted octanol–water partition coefficient (Wildman–Crippen LogP) is 2.00. The smallest absolute Gasteiger partial charge is 0.282 e. The van der Waals surface area contributed by atoms with Gasteiger partial charge in [0.2, 0.25) is 0 Å². The number of fused-ring (bicyclic) bond motifs is 1. The standard InChI is InChI=1S/C13H11N3O/c1-9-7-12-14-8-11(13(17)16(12)15-9)10-5-3-2-4-6-10/h2-8,14H,1H3. The molecular weight excluding hydrogens is 214 g/mol. The molecule has 3 aromatic rings. The molecule has 0 aliphatic rings. The van der Waals surface area contributed by atoms with Crippen molar-refractivity contribution in [3.05, 3.63) is 58.6 Å². The molecule has 0 fully saturated rings. The molecule has 4 nitrogen and oxygen atoms in total. The third-order valence-electron chi connectivity index (χ3n) is 2.70. The first-order chi connectivity index (χ1) is 8.25. The zero-order valence-electron chi connectivity index (χ0n) is 9.34. The zero-order valence-corrected chi connectivity index (χ0v) is 9.34. The fourth-order valence-electron chi connectivity index (χ4n) is 1.90. The van der Waals surface area contributed by atoms with Gasteiger partial charge in [0.15, 0.2) is 0 Å². The number of aromatic amines is 1. The summed E-state index contributed by atoms with van der Waals surface area (Å²) in [5.41, 5.74) is 2.96. The van der Waals surface area contributed by atoms with Gasteiger partial charge >= 0.3 is 0 Å². The fourth-order valence-corrected chi connectivity index (χ4v) is 1.90. The van der Waals surface area contributed by atoms with Crippen LogP contribution in [0.2, 0.25) is 0 Å². The molecule has 2 heterocycles. The Labute approximate surface area is 97.5 Å². The van der Waals surface area contributed by atoms with Gasteiger partial charge in [0.25, 0.3) is 5.56 Å². The summed E-state index contributed by atoms with van der Waals surface area (Å²) in [6.45, 7) is 1.86. The second-order valence-electron chi connectivity index (χ2n) is 3.96. The van der Waals surface area contributed by atoms with Crippen molar-refractivity contribution in [2.24, 2.45) is 0 Å². The highest BCUT2D eigenvalue weighted by Crippen LogP contribution is 2.14. The van der Waals surface area contributed by atoms with E-state index in [1.165, 1.54) is 4.52 Å². The van der Waals surface area contributed by atoms with Crippen molar-refractivity contribution >= 4 is 5.65 Å². The molecule has 1 aromatic carbocycles. The molecule has 84 valence electrons. The van der Waals surface area contributed by atoms with Gasteiger partial charge in [-0.1, -0.05) is 30.3 Å². The van der Waals surface area contributed by atoms with Gasteiger partial charge in [0.05, 0.1) is 11.3 Å². The molecule has 1 N–H and O–H groups in total. The topological polar surface area (TPSA) is 50.2 Å². The van der Waals surface area contributed by atoms with Gasteiger partial charge in [-0.05, 0) is 12.5 Å². The second-order valence-corrected chi connectivity index (χ2v) is 3.96. The molecule has 0 saturated carbocycles. The monoisotopic (exact) mass is 225 g/mol. The van der Waals surface area contributed by atoms with E-state index in [2.05, 4.69) is 10.1 Å². The van der Waals surface area contributed by atoms with Crippen LogP contribution in [-0.2, 0) is 0 Å². The van der Waals surface area contributed by atoms with Crippen LogP contribution in [0.15, 0.2) is 47.4 Å². The first-order valence-electron chi connectivity index (χ1n) is 5.39. The molecule has 0 amide bonds. The van der Waals surface area contributed by atoms with Crippen LogP contribution < -0.4 is 5.56 Å². The molecule has 0 unspecified atom stereocenters. The van der Waals surface area contributed by atoms with Crippen molar-refractivity contribution in [1.29, 1.82) is 0 Å². The van der Waals surface area contributed by atoms with Crippen molar-refractivity contribution in [1.82, 2.24) is 14.6 Å². The number of benzene rings is 1. The van der Waals surface area contributed by atoms with Crippen LogP contribution in [-0.4, -0.2) is 14.6 Å². The van der Waals surface area contributed by atoms with Gasteiger partial charge in [-0.15, -0.1) is 0 Å². The average molecular weight is 225 g/mol. The maximum Gasteiger partial charge on any atom is 0.282 e. The summed E-state index contributed by atoms with van der Waals surface area (Å²) in [6.07, 6.45) is 1.73. The normalized spacial score (nSPS) is 10.9. The summed E-state index contributed by atoms with van der Waals surface area (Å²) in [5, 5.41) is 4.17. The Morgan fingerprint density at radius 2 is 2.00 bits per heavy atom. The first kappa shape index (κ1) is 9.84. The minimum absolute atomic E-state index is 0.0990. The highest BCUT2D eigenvalue weighted by Gasteiger charge is 2.07. The summed E-state index contributed by atoms with van der Waals surface area (Å²) < 4.78 is 1.40. The number of hydrogen-bond donors (Lipinski definition) is 1. The van der Waals surface area contributed by atoms with E-state index in [0.717, 1.165) is 11.3 Å². The lowest BCUT2D eigenvalue weighted by atomic mass is 10.1. The summed E-state index contributed by atoms with van der Waals surface area (Å²) in [4.78, 5) is 15.3. The number of aromatic nitrogens is 3. The number of aryl methyl sites for hydroxylation is 1. The van der Waals surface area contributed by atoms with Crippen molar-refractivity contribution in [3.8, 4) is 11.1 Å². The molecule has 3 rings (SSSR count). The number of rotatable bonds is 1. The summed E-state index contributed by atoms with van der Waals surface area (Å²) in [5.74, 6) is 0. The van der Waals surface area contributed by atoms with Crippen LogP contribution in [0.3, 0.4) is 0 Å². The third kappa shape index (κ3) is 1.54. The van der Waals surface area contributed by atoms with E-state index in [1.807, 2.05) is 43.3 Å². The molecule has 0 aliphatic carbocycles. The summed E-state index contributed by atoms with van der Waals surface area (Å²) in [6, 6.07) is 11.4. The molecule has 4 heteroatoms. The largest absolute Gasteiger partial charge is 0.346 e. The highest BCUT2D eigenvalue weighted by molar-refractivity contribution is 5.62. The lowest BCUT2D eigenvalue weighted by molar-refractivity contribution is 0.883. The van der Waals surface area contributed by atoms with Gasteiger partial charge in [-0.3, -0.25) is 4.79 Å². The van der Waals surface area contributed by atoms with Crippen LogP contribution >= 0.6 is 0 Å². The SMILES string of the molecule is Cc1cc2[nH]cc(-c3ccccc3)c(=O)n2n1. The van der Waals surface area contributed by atoms with Gasteiger partial charge in [-0.25, -0.2) is 0 Å². The van der Waals surface area contributed by atoms with Crippen molar-refractivity contribution in [2.75, 3.05) is 0 Å². The summed E-state index contributed by atoms with van der Waals surface area (Å²) in [7, 11) is 0. The van der Waals surface area contributed by atoms with E-state index >= 15 is 0 Å². The quantitative estimate of drug-likeness (QED) is 0.688. The Balaban J connectivity index is 2.32. The molecule has 0 atom stereocenters. The Bertz CT molecular complexity index is 725. The molecule has 0 spiro atoms. The lowest BCUT2D eigenvalue weighted by Crippen LogP contribution is -2.16. The molecule has 0 aliphatic heterocycles. The van der Waals surface area contributed by atoms with Crippen LogP contribution in [0.1, 0.15) is 5.69 Å².